The SMILES string of the molecule is CN(C)C(=O)[C@H]1CCCN1Cc1nc(C2CC2)no1. The highest BCUT2D eigenvalue weighted by molar-refractivity contribution is 5.81. The van der Waals surface area contributed by atoms with E-state index < -0.39 is 0 Å². The van der Waals surface area contributed by atoms with Gasteiger partial charge in [0.1, 0.15) is 0 Å². The van der Waals surface area contributed by atoms with E-state index in [-0.39, 0.29) is 11.9 Å². The Morgan fingerprint density at radius 3 is 2.89 bits per heavy atom. The lowest BCUT2D eigenvalue weighted by atomic mass is 10.2. The molecule has 2 aliphatic rings. The molecule has 19 heavy (non-hydrogen) atoms. The second kappa shape index (κ2) is 4.92. The van der Waals surface area contributed by atoms with E-state index in [0.29, 0.717) is 18.4 Å². The minimum Gasteiger partial charge on any atom is -0.347 e. The molecular formula is C13H20N4O2. The van der Waals surface area contributed by atoms with Crippen LogP contribution in [0.25, 0.3) is 0 Å². The molecule has 1 aromatic heterocycles. The standard InChI is InChI=1S/C13H20N4O2/c1-16(2)13(18)10-4-3-7-17(10)8-11-14-12(15-19-11)9-5-6-9/h9-10H,3-8H2,1-2H3/t10-/m1/s1. The van der Waals surface area contributed by atoms with Crippen molar-refractivity contribution in [1.29, 1.82) is 0 Å². The topological polar surface area (TPSA) is 62.5 Å². The first-order valence-corrected chi connectivity index (χ1v) is 6.93. The molecule has 2 fully saturated rings. The molecule has 1 atom stereocenters. The fourth-order valence-corrected chi connectivity index (χ4v) is 2.61. The van der Waals surface area contributed by atoms with E-state index in [0.717, 1.165) is 25.2 Å². The van der Waals surface area contributed by atoms with Crippen molar-refractivity contribution >= 4 is 5.91 Å². The summed E-state index contributed by atoms with van der Waals surface area (Å²) in [5, 5.41) is 4.02. The molecule has 1 saturated heterocycles. The van der Waals surface area contributed by atoms with Gasteiger partial charge in [0, 0.05) is 20.0 Å². The summed E-state index contributed by atoms with van der Waals surface area (Å²) in [5.41, 5.74) is 0. The van der Waals surface area contributed by atoms with Gasteiger partial charge in [0.05, 0.1) is 12.6 Å². The maximum atomic E-state index is 12.1. The Kier molecular flexibility index (Phi) is 3.26. The van der Waals surface area contributed by atoms with E-state index in [1.54, 1.807) is 19.0 Å². The van der Waals surface area contributed by atoms with Crippen LogP contribution >= 0.6 is 0 Å². The molecule has 1 aromatic rings. The van der Waals surface area contributed by atoms with Crippen LogP contribution in [-0.2, 0) is 11.3 Å². The number of hydrogen-bond acceptors (Lipinski definition) is 5. The maximum absolute atomic E-state index is 12.1. The second-order valence-corrected chi connectivity index (χ2v) is 5.68. The van der Waals surface area contributed by atoms with Gasteiger partial charge in [0.2, 0.25) is 11.8 Å². The Balaban J connectivity index is 1.65. The number of carbonyl (C=O) groups is 1. The van der Waals surface area contributed by atoms with E-state index >= 15 is 0 Å². The zero-order chi connectivity index (χ0) is 13.4. The van der Waals surface area contributed by atoms with Gasteiger partial charge in [-0.25, -0.2) is 0 Å². The van der Waals surface area contributed by atoms with Gasteiger partial charge in [0.15, 0.2) is 5.82 Å². The Morgan fingerprint density at radius 1 is 1.42 bits per heavy atom. The second-order valence-electron chi connectivity index (χ2n) is 5.68. The molecule has 1 saturated carbocycles. The summed E-state index contributed by atoms with van der Waals surface area (Å²) in [7, 11) is 3.60. The Morgan fingerprint density at radius 2 is 2.21 bits per heavy atom. The van der Waals surface area contributed by atoms with Gasteiger partial charge < -0.3 is 9.42 Å². The number of likely N-dealkylation sites (N-methyl/N-ethyl adjacent to an activating group) is 1. The lowest BCUT2D eigenvalue weighted by molar-refractivity contribution is -0.133. The van der Waals surface area contributed by atoms with Gasteiger partial charge in [-0.3, -0.25) is 9.69 Å². The van der Waals surface area contributed by atoms with Crippen LogP contribution in [0.1, 0.15) is 43.3 Å². The number of carbonyl (C=O) groups excluding carboxylic acids is 1. The summed E-state index contributed by atoms with van der Waals surface area (Å²) in [6.07, 6.45) is 4.31. The van der Waals surface area contributed by atoms with Gasteiger partial charge >= 0.3 is 0 Å². The van der Waals surface area contributed by atoms with Gasteiger partial charge in [-0.1, -0.05) is 5.16 Å². The van der Waals surface area contributed by atoms with Gasteiger partial charge in [-0.2, -0.15) is 4.98 Å². The minimum absolute atomic E-state index is 0.0359. The smallest absolute Gasteiger partial charge is 0.240 e. The largest absolute Gasteiger partial charge is 0.347 e. The van der Waals surface area contributed by atoms with Crippen molar-refractivity contribution in [2.75, 3.05) is 20.6 Å². The molecule has 2 heterocycles. The van der Waals surface area contributed by atoms with Crippen molar-refractivity contribution in [2.45, 2.75) is 44.2 Å². The molecule has 0 aromatic carbocycles. The predicted octanol–water partition coefficient (Wildman–Crippen LogP) is 1.000. The minimum atomic E-state index is -0.0359. The molecule has 0 spiro atoms. The van der Waals surface area contributed by atoms with E-state index in [1.165, 1.54) is 12.8 Å². The molecule has 6 nitrogen and oxygen atoms in total. The summed E-state index contributed by atoms with van der Waals surface area (Å²) in [6.45, 7) is 1.51. The average molecular weight is 264 g/mol. The highest BCUT2D eigenvalue weighted by atomic mass is 16.5. The summed E-state index contributed by atoms with van der Waals surface area (Å²) in [5.74, 6) is 2.15. The van der Waals surface area contributed by atoms with E-state index in [9.17, 15) is 4.79 Å². The maximum Gasteiger partial charge on any atom is 0.240 e. The Hall–Kier alpha value is -1.43. The van der Waals surface area contributed by atoms with E-state index in [2.05, 4.69) is 15.0 Å². The van der Waals surface area contributed by atoms with Crippen LogP contribution < -0.4 is 0 Å². The van der Waals surface area contributed by atoms with Crippen LogP contribution in [0.3, 0.4) is 0 Å². The predicted molar refractivity (Wildman–Crippen MR) is 68.4 cm³/mol. The van der Waals surface area contributed by atoms with Crippen molar-refractivity contribution in [3.8, 4) is 0 Å². The Labute approximate surface area is 112 Å². The highest BCUT2D eigenvalue weighted by Crippen LogP contribution is 2.38. The van der Waals surface area contributed by atoms with Gasteiger partial charge in [-0.05, 0) is 32.2 Å². The number of nitrogens with zero attached hydrogens (tertiary/aromatic N) is 4. The molecule has 6 heteroatoms. The summed E-state index contributed by atoms with van der Waals surface area (Å²) in [4.78, 5) is 20.3. The lowest BCUT2D eigenvalue weighted by Crippen LogP contribution is -2.42. The number of hydrogen-bond donors (Lipinski definition) is 0. The van der Waals surface area contributed by atoms with Crippen LogP contribution in [0.4, 0.5) is 0 Å². The fraction of sp³-hybridized carbons (Fsp3) is 0.769. The normalized spacial score (nSPS) is 23.8. The van der Waals surface area contributed by atoms with Crippen molar-refractivity contribution < 1.29 is 9.32 Å². The average Bonchev–Trinajstić information content (AvgIpc) is 2.96. The van der Waals surface area contributed by atoms with Crippen molar-refractivity contribution in [1.82, 2.24) is 19.9 Å². The summed E-state index contributed by atoms with van der Waals surface area (Å²) in [6, 6.07) is -0.0359. The van der Waals surface area contributed by atoms with Crippen LogP contribution in [0, 0.1) is 0 Å². The van der Waals surface area contributed by atoms with Crippen LogP contribution in [0.2, 0.25) is 0 Å². The van der Waals surface area contributed by atoms with E-state index in [1.807, 2.05) is 0 Å². The first-order chi connectivity index (χ1) is 9.15. The summed E-state index contributed by atoms with van der Waals surface area (Å²) >= 11 is 0. The number of rotatable bonds is 4. The molecule has 1 aliphatic heterocycles. The third kappa shape index (κ3) is 2.63. The molecule has 3 rings (SSSR count). The first-order valence-electron chi connectivity index (χ1n) is 6.93. The third-order valence-corrected chi connectivity index (χ3v) is 3.85. The number of aromatic nitrogens is 2. The number of amides is 1. The van der Waals surface area contributed by atoms with E-state index in [4.69, 9.17) is 4.52 Å². The van der Waals surface area contributed by atoms with Crippen molar-refractivity contribution in [2.24, 2.45) is 0 Å². The zero-order valence-corrected chi connectivity index (χ0v) is 11.5. The molecule has 0 unspecified atom stereocenters. The van der Waals surface area contributed by atoms with Crippen LogP contribution in [-0.4, -0.2) is 52.5 Å². The number of likely N-dealkylation sites (tertiary alicyclic amines) is 1. The highest BCUT2D eigenvalue weighted by Gasteiger charge is 2.34. The van der Waals surface area contributed by atoms with Crippen molar-refractivity contribution in [3.05, 3.63) is 11.7 Å². The molecule has 0 bridgehead atoms. The Bertz CT molecular complexity index is 467. The van der Waals surface area contributed by atoms with Gasteiger partial charge in [0.25, 0.3) is 0 Å². The van der Waals surface area contributed by atoms with Crippen LogP contribution in [0.15, 0.2) is 4.52 Å². The fourth-order valence-electron chi connectivity index (χ4n) is 2.61. The lowest BCUT2D eigenvalue weighted by Gasteiger charge is -2.24. The molecule has 0 radical (unpaired) electrons. The monoisotopic (exact) mass is 264 g/mol. The molecule has 104 valence electrons. The zero-order valence-electron chi connectivity index (χ0n) is 11.5. The first kappa shape index (κ1) is 12.6. The molecular weight excluding hydrogens is 244 g/mol. The third-order valence-electron chi connectivity index (χ3n) is 3.85. The summed E-state index contributed by atoms with van der Waals surface area (Å²) < 4.78 is 5.29. The molecule has 0 N–H and O–H groups in total. The quantitative estimate of drug-likeness (QED) is 0.812. The molecule has 1 amide bonds. The molecule has 1 aliphatic carbocycles. The van der Waals surface area contributed by atoms with Gasteiger partial charge in [-0.15, -0.1) is 0 Å². The van der Waals surface area contributed by atoms with Crippen molar-refractivity contribution in [3.63, 3.8) is 0 Å². The van der Waals surface area contributed by atoms with Crippen LogP contribution in [0.5, 0.6) is 0 Å².